The van der Waals surface area contributed by atoms with Crippen LogP contribution in [0.5, 0.6) is 0 Å². The van der Waals surface area contributed by atoms with Crippen LogP contribution in [0.2, 0.25) is 5.02 Å². The summed E-state index contributed by atoms with van der Waals surface area (Å²) in [4.78, 5) is 16.5. The molecule has 0 spiro atoms. The molecule has 0 saturated heterocycles. The summed E-state index contributed by atoms with van der Waals surface area (Å²) in [6, 6.07) is 13.2. The molecule has 0 atom stereocenters. The molecule has 0 radical (unpaired) electrons. The van der Waals surface area contributed by atoms with Crippen LogP contribution in [0.25, 0.3) is 16.8 Å². The fourth-order valence-electron chi connectivity index (χ4n) is 3.10. The zero-order chi connectivity index (χ0) is 21.3. The Morgan fingerprint density at radius 2 is 1.93 bits per heavy atom. The van der Waals surface area contributed by atoms with Gasteiger partial charge in [0.05, 0.1) is 17.5 Å². The van der Waals surface area contributed by atoms with Gasteiger partial charge in [-0.2, -0.15) is 5.10 Å². The molecular formula is C20H16ClN5O3S. The number of amides is 1. The summed E-state index contributed by atoms with van der Waals surface area (Å²) < 4.78 is 26.0. The lowest BCUT2D eigenvalue weighted by atomic mass is 10.1. The van der Waals surface area contributed by atoms with Crippen LogP contribution in [-0.4, -0.2) is 28.9 Å². The minimum absolute atomic E-state index is 0.0457. The van der Waals surface area contributed by atoms with Gasteiger partial charge >= 0.3 is 0 Å². The molecule has 0 aliphatic carbocycles. The molecule has 0 fully saturated rings. The zero-order valence-corrected chi connectivity index (χ0v) is 17.1. The van der Waals surface area contributed by atoms with Crippen LogP contribution in [0.15, 0.2) is 72.0 Å². The minimum atomic E-state index is -4.09. The summed E-state index contributed by atoms with van der Waals surface area (Å²) in [5.41, 5.74) is 2.29. The summed E-state index contributed by atoms with van der Waals surface area (Å²) >= 11 is 6.09. The van der Waals surface area contributed by atoms with Crippen LogP contribution in [0.3, 0.4) is 0 Å². The van der Waals surface area contributed by atoms with Gasteiger partial charge in [-0.15, -0.1) is 0 Å². The zero-order valence-electron chi connectivity index (χ0n) is 15.5. The van der Waals surface area contributed by atoms with Crippen molar-refractivity contribution in [3.63, 3.8) is 0 Å². The molecule has 30 heavy (non-hydrogen) atoms. The number of carbonyl (C=O) groups is 1. The summed E-state index contributed by atoms with van der Waals surface area (Å²) in [5, 5.41) is 12.8. The second kappa shape index (κ2) is 7.86. The summed E-state index contributed by atoms with van der Waals surface area (Å²) in [6.07, 6.45) is 4.85. The number of benzene rings is 2. The molecule has 152 valence electrons. The van der Waals surface area contributed by atoms with Crippen LogP contribution in [0, 0.1) is 0 Å². The fourth-order valence-corrected chi connectivity index (χ4v) is 4.07. The van der Waals surface area contributed by atoms with Crippen molar-refractivity contribution in [1.29, 1.82) is 0 Å². The molecule has 4 rings (SSSR count). The average molecular weight is 442 g/mol. The van der Waals surface area contributed by atoms with Crippen molar-refractivity contribution < 1.29 is 13.2 Å². The van der Waals surface area contributed by atoms with Crippen LogP contribution >= 0.6 is 11.6 Å². The fraction of sp³-hybridized carbons (Fsp3) is 0.0500. The first-order chi connectivity index (χ1) is 14.3. The first-order valence-electron chi connectivity index (χ1n) is 8.82. The van der Waals surface area contributed by atoms with Gasteiger partial charge in [0, 0.05) is 34.2 Å². The second-order valence-corrected chi connectivity index (χ2v) is 8.46. The normalized spacial score (nSPS) is 11.5. The van der Waals surface area contributed by atoms with E-state index in [4.69, 9.17) is 16.7 Å². The lowest BCUT2D eigenvalue weighted by Crippen LogP contribution is -2.17. The van der Waals surface area contributed by atoms with E-state index in [1.807, 2.05) is 0 Å². The van der Waals surface area contributed by atoms with Gasteiger partial charge in [-0.3, -0.25) is 4.79 Å². The number of carbonyl (C=O) groups excluding carboxylic acids is 1. The number of primary sulfonamides is 1. The average Bonchev–Trinajstić information content (AvgIpc) is 3.13. The van der Waals surface area contributed by atoms with Crippen LogP contribution < -0.4 is 10.5 Å². The molecule has 3 N–H and O–H groups in total. The molecule has 2 heterocycles. The predicted molar refractivity (Wildman–Crippen MR) is 114 cm³/mol. The molecule has 10 heteroatoms. The number of rotatable bonds is 5. The Kier molecular flexibility index (Phi) is 5.25. The van der Waals surface area contributed by atoms with Crippen molar-refractivity contribution >= 4 is 38.9 Å². The first-order valence-corrected chi connectivity index (χ1v) is 10.7. The maximum atomic E-state index is 12.4. The van der Waals surface area contributed by atoms with E-state index in [1.165, 1.54) is 16.8 Å². The third kappa shape index (κ3) is 4.04. The molecule has 0 aliphatic rings. The Morgan fingerprint density at radius 3 is 2.70 bits per heavy atom. The lowest BCUT2D eigenvalue weighted by molar-refractivity contribution is -0.115. The largest absolute Gasteiger partial charge is 0.326 e. The van der Waals surface area contributed by atoms with Gasteiger partial charge in [0.2, 0.25) is 15.9 Å². The Labute approximate surface area is 177 Å². The number of hydrogen-bond donors (Lipinski definition) is 2. The van der Waals surface area contributed by atoms with Crippen molar-refractivity contribution in [3.8, 4) is 11.1 Å². The SMILES string of the molecule is NS(=O)(=O)c1cc(NC(=O)Cc2ccccc2Cl)ccc1-c1cnn2cccnc12. The Balaban J connectivity index is 1.69. The minimum Gasteiger partial charge on any atom is -0.326 e. The van der Waals surface area contributed by atoms with Gasteiger partial charge in [0.25, 0.3) is 0 Å². The number of anilines is 1. The highest BCUT2D eigenvalue weighted by molar-refractivity contribution is 7.89. The van der Waals surface area contributed by atoms with E-state index in [-0.39, 0.29) is 17.2 Å². The Morgan fingerprint density at radius 1 is 1.13 bits per heavy atom. The van der Waals surface area contributed by atoms with E-state index >= 15 is 0 Å². The van der Waals surface area contributed by atoms with E-state index in [0.29, 0.717) is 33.0 Å². The van der Waals surface area contributed by atoms with Crippen molar-refractivity contribution in [2.24, 2.45) is 5.14 Å². The van der Waals surface area contributed by atoms with Gasteiger partial charge < -0.3 is 5.32 Å². The number of fused-ring (bicyclic) bond motifs is 1. The molecule has 8 nitrogen and oxygen atoms in total. The third-order valence-corrected chi connectivity index (χ3v) is 5.77. The highest BCUT2D eigenvalue weighted by Gasteiger charge is 2.20. The summed E-state index contributed by atoms with van der Waals surface area (Å²) in [6.45, 7) is 0. The van der Waals surface area contributed by atoms with E-state index in [2.05, 4.69) is 15.4 Å². The summed E-state index contributed by atoms with van der Waals surface area (Å²) in [5.74, 6) is -0.339. The van der Waals surface area contributed by atoms with Crippen LogP contribution in [-0.2, 0) is 21.2 Å². The van der Waals surface area contributed by atoms with E-state index in [0.717, 1.165) is 0 Å². The molecule has 0 aliphatic heterocycles. The number of nitrogens with one attached hydrogen (secondary N) is 1. The quantitative estimate of drug-likeness (QED) is 0.493. The predicted octanol–water partition coefficient (Wildman–Crippen LogP) is 2.88. The highest BCUT2D eigenvalue weighted by Crippen LogP contribution is 2.31. The van der Waals surface area contributed by atoms with Gasteiger partial charge in [-0.25, -0.2) is 23.1 Å². The van der Waals surface area contributed by atoms with E-state index in [1.54, 1.807) is 54.9 Å². The Bertz CT molecular complexity index is 1370. The third-order valence-electron chi connectivity index (χ3n) is 4.45. The highest BCUT2D eigenvalue weighted by atomic mass is 35.5. The standard InChI is InChI=1S/C20H16ClN5O3S/c21-17-5-2-1-4-13(17)10-19(27)25-14-6-7-15(18(11-14)30(22,28)29)16-12-24-26-9-3-8-23-20(16)26/h1-9,11-12H,10H2,(H,25,27)(H2,22,28,29). The van der Waals surface area contributed by atoms with E-state index < -0.39 is 10.0 Å². The van der Waals surface area contributed by atoms with E-state index in [9.17, 15) is 13.2 Å². The van der Waals surface area contributed by atoms with Gasteiger partial charge in [-0.1, -0.05) is 35.9 Å². The van der Waals surface area contributed by atoms with Gasteiger partial charge in [-0.05, 0) is 29.8 Å². The molecule has 0 bridgehead atoms. The number of nitrogens with zero attached hydrogens (tertiary/aromatic N) is 3. The second-order valence-electron chi connectivity index (χ2n) is 6.52. The number of hydrogen-bond acceptors (Lipinski definition) is 5. The first kappa shape index (κ1) is 20.0. The molecular weight excluding hydrogens is 426 g/mol. The maximum Gasteiger partial charge on any atom is 0.238 e. The van der Waals surface area contributed by atoms with Crippen LogP contribution in [0.1, 0.15) is 5.56 Å². The molecule has 1 amide bonds. The molecule has 0 saturated carbocycles. The molecule has 2 aromatic heterocycles. The Hall–Kier alpha value is -3.27. The maximum absolute atomic E-state index is 12.4. The number of aromatic nitrogens is 3. The van der Waals surface area contributed by atoms with Crippen molar-refractivity contribution in [2.75, 3.05) is 5.32 Å². The van der Waals surface area contributed by atoms with Gasteiger partial charge in [0.1, 0.15) is 0 Å². The molecule has 2 aromatic carbocycles. The number of nitrogens with two attached hydrogens (primary N) is 1. The van der Waals surface area contributed by atoms with Crippen LogP contribution in [0.4, 0.5) is 5.69 Å². The van der Waals surface area contributed by atoms with Crippen molar-refractivity contribution in [2.45, 2.75) is 11.3 Å². The topological polar surface area (TPSA) is 119 Å². The van der Waals surface area contributed by atoms with Crippen molar-refractivity contribution in [1.82, 2.24) is 14.6 Å². The molecule has 4 aromatic rings. The number of sulfonamides is 1. The smallest absolute Gasteiger partial charge is 0.238 e. The summed E-state index contributed by atoms with van der Waals surface area (Å²) in [7, 11) is -4.09. The monoisotopic (exact) mass is 441 g/mol. The number of halogens is 1. The lowest BCUT2D eigenvalue weighted by Gasteiger charge is -2.11. The van der Waals surface area contributed by atoms with Gasteiger partial charge in [0.15, 0.2) is 5.65 Å². The molecule has 0 unspecified atom stereocenters. The van der Waals surface area contributed by atoms with Crippen molar-refractivity contribution in [3.05, 3.63) is 77.7 Å².